The Morgan fingerprint density at radius 1 is 0.958 bits per heavy atom. The zero-order valence-electron chi connectivity index (χ0n) is 13.8. The molecule has 2 aromatic rings. The average Bonchev–Trinajstić information content (AvgIpc) is 3.17. The highest BCUT2D eigenvalue weighted by molar-refractivity contribution is 7.89. The minimum absolute atomic E-state index is 0.102. The molecule has 2 aromatic carbocycles. The van der Waals surface area contributed by atoms with Crippen LogP contribution in [0.2, 0.25) is 0 Å². The molecule has 4 nitrogen and oxygen atoms in total. The lowest BCUT2D eigenvalue weighted by Gasteiger charge is -2.33. The van der Waals surface area contributed by atoms with Crippen molar-refractivity contribution < 1.29 is 8.42 Å². The zero-order valence-corrected chi connectivity index (χ0v) is 14.6. The number of sulfonamides is 1. The quantitative estimate of drug-likeness (QED) is 0.858. The number of aryl methyl sites for hydroxylation is 1. The van der Waals surface area contributed by atoms with Crippen LogP contribution in [0.3, 0.4) is 0 Å². The number of fused-ring (bicyclic) bond motifs is 2. The minimum atomic E-state index is -3.38. The van der Waals surface area contributed by atoms with E-state index in [0.717, 1.165) is 25.1 Å². The summed E-state index contributed by atoms with van der Waals surface area (Å²) in [6.07, 6.45) is 0.942. The molecule has 0 radical (unpaired) electrons. The maximum absolute atomic E-state index is 12.9. The van der Waals surface area contributed by atoms with E-state index in [1.54, 1.807) is 16.4 Å². The Kier molecular flexibility index (Phi) is 3.95. The van der Waals surface area contributed by atoms with E-state index in [1.165, 1.54) is 5.56 Å². The topological polar surface area (TPSA) is 40.6 Å². The molecule has 2 unspecified atom stereocenters. The van der Waals surface area contributed by atoms with Crippen molar-refractivity contribution in [1.82, 2.24) is 9.21 Å². The Labute approximate surface area is 143 Å². The Morgan fingerprint density at radius 2 is 1.67 bits per heavy atom. The van der Waals surface area contributed by atoms with Crippen molar-refractivity contribution in [2.45, 2.75) is 36.9 Å². The van der Waals surface area contributed by atoms with Gasteiger partial charge in [0.05, 0.1) is 4.90 Å². The van der Waals surface area contributed by atoms with E-state index >= 15 is 0 Å². The number of hydrogen-bond acceptors (Lipinski definition) is 3. The first-order valence-corrected chi connectivity index (χ1v) is 9.84. The fourth-order valence-electron chi connectivity index (χ4n) is 3.86. The van der Waals surface area contributed by atoms with E-state index < -0.39 is 10.0 Å². The average molecular weight is 342 g/mol. The van der Waals surface area contributed by atoms with Crippen LogP contribution in [0.1, 0.15) is 17.5 Å². The van der Waals surface area contributed by atoms with Gasteiger partial charge in [0, 0.05) is 31.7 Å². The van der Waals surface area contributed by atoms with Gasteiger partial charge in [-0.3, -0.25) is 4.90 Å². The van der Waals surface area contributed by atoms with Crippen LogP contribution in [0, 0.1) is 6.92 Å². The smallest absolute Gasteiger partial charge is 0.243 e. The Bertz CT molecular complexity index is 818. The molecule has 0 saturated carbocycles. The molecule has 0 amide bonds. The lowest BCUT2D eigenvalue weighted by atomic mass is 10.2. The van der Waals surface area contributed by atoms with Crippen molar-refractivity contribution in [2.75, 3.05) is 13.1 Å². The minimum Gasteiger partial charge on any atom is -0.293 e. The van der Waals surface area contributed by atoms with Gasteiger partial charge in [0.2, 0.25) is 10.0 Å². The molecule has 0 spiro atoms. The molecule has 126 valence electrons. The van der Waals surface area contributed by atoms with Crippen LogP contribution in [0.25, 0.3) is 0 Å². The summed E-state index contributed by atoms with van der Waals surface area (Å²) < 4.78 is 27.5. The molecule has 2 fully saturated rings. The first kappa shape index (κ1) is 15.8. The highest BCUT2D eigenvalue weighted by Crippen LogP contribution is 2.35. The van der Waals surface area contributed by atoms with Gasteiger partial charge in [-0.25, -0.2) is 8.42 Å². The molecule has 2 atom stereocenters. The Balaban J connectivity index is 1.49. The summed E-state index contributed by atoms with van der Waals surface area (Å²) in [5.74, 6) is 0. The van der Waals surface area contributed by atoms with Gasteiger partial charge >= 0.3 is 0 Å². The summed E-state index contributed by atoms with van der Waals surface area (Å²) in [5.41, 5.74) is 2.36. The number of benzene rings is 2. The number of nitrogens with zero attached hydrogens (tertiary/aromatic N) is 2. The van der Waals surface area contributed by atoms with Gasteiger partial charge in [-0.05, 0) is 31.0 Å². The summed E-state index contributed by atoms with van der Waals surface area (Å²) in [6, 6.07) is 18.0. The predicted molar refractivity (Wildman–Crippen MR) is 94.1 cm³/mol. The summed E-state index contributed by atoms with van der Waals surface area (Å²) in [6.45, 7) is 4.30. The molecular weight excluding hydrogens is 320 g/mol. The maximum atomic E-state index is 12.9. The molecule has 2 bridgehead atoms. The molecule has 5 heteroatoms. The van der Waals surface area contributed by atoms with Crippen molar-refractivity contribution in [3.05, 3.63) is 65.7 Å². The number of likely N-dealkylation sites (tertiary alicyclic amines) is 1. The number of piperazine rings is 1. The van der Waals surface area contributed by atoms with E-state index in [2.05, 4.69) is 29.2 Å². The largest absolute Gasteiger partial charge is 0.293 e. The van der Waals surface area contributed by atoms with Crippen LogP contribution >= 0.6 is 0 Å². The van der Waals surface area contributed by atoms with Crippen LogP contribution < -0.4 is 0 Å². The van der Waals surface area contributed by atoms with Crippen LogP contribution in [-0.2, 0) is 16.6 Å². The maximum Gasteiger partial charge on any atom is 0.243 e. The van der Waals surface area contributed by atoms with Crippen molar-refractivity contribution >= 4 is 10.0 Å². The second-order valence-electron chi connectivity index (χ2n) is 6.85. The summed E-state index contributed by atoms with van der Waals surface area (Å²) in [5, 5.41) is 0. The van der Waals surface area contributed by atoms with E-state index in [-0.39, 0.29) is 6.04 Å². The van der Waals surface area contributed by atoms with Crippen molar-refractivity contribution in [3.8, 4) is 0 Å². The first-order chi connectivity index (χ1) is 11.5. The van der Waals surface area contributed by atoms with Gasteiger partial charge in [-0.2, -0.15) is 4.31 Å². The summed E-state index contributed by atoms with van der Waals surface area (Å²) in [4.78, 5) is 2.83. The molecule has 24 heavy (non-hydrogen) atoms. The first-order valence-electron chi connectivity index (χ1n) is 8.40. The lowest BCUT2D eigenvalue weighted by molar-refractivity contribution is 0.174. The second kappa shape index (κ2) is 5.99. The van der Waals surface area contributed by atoms with Crippen molar-refractivity contribution in [3.63, 3.8) is 0 Å². The third-order valence-corrected chi connectivity index (χ3v) is 7.09. The predicted octanol–water partition coefficient (Wildman–Crippen LogP) is 2.64. The van der Waals surface area contributed by atoms with E-state index in [4.69, 9.17) is 0 Å². The molecule has 0 aliphatic carbocycles. The van der Waals surface area contributed by atoms with Crippen LogP contribution in [0.5, 0.6) is 0 Å². The van der Waals surface area contributed by atoms with Gasteiger partial charge in [-0.1, -0.05) is 48.0 Å². The molecule has 0 aromatic heterocycles. The fourth-order valence-corrected chi connectivity index (χ4v) is 5.53. The van der Waals surface area contributed by atoms with Gasteiger partial charge in [0.15, 0.2) is 0 Å². The van der Waals surface area contributed by atoms with Crippen LogP contribution in [-0.4, -0.2) is 42.8 Å². The van der Waals surface area contributed by atoms with Gasteiger partial charge in [0.1, 0.15) is 0 Å². The van der Waals surface area contributed by atoms with E-state index in [0.29, 0.717) is 17.5 Å². The highest BCUT2D eigenvalue weighted by atomic mass is 32.2. The van der Waals surface area contributed by atoms with Crippen LogP contribution in [0.15, 0.2) is 59.5 Å². The van der Waals surface area contributed by atoms with Gasteiger partial charge < -0.3 is 0 Å². The molecule has 2 heterocycles. The Morgan fingerprint density at radius 3 is 2.29 bits per heavy atom. The molecule has 2 aliphatic heterocycles. The molecular formula is C19H22N2O2S. The normalized spacial score (nSPS) is 24.5. The monoisotopic (exact) mass is 342 g/mol. The van der Waals surface area contributed by atoms with E-state index in [1.807, 2.05) is 25.1 Å². The molecule has 2 aliphatic rings. The summed E-state index contributed by atoms with van der Waals surface area (Å²) in [7, 11) is -3.38. The molecule has 0 N–H and O–H groups in total. The fraction of sp³-hybridized carbons (Fsp3) is 0.368. The third-order valence-electron chi connectivity index (χ3n) is 5.16. The lowest BCUT2D eigenvalue weighted by Crippen LogP contribution is -2.48. The number of hydrogen-bond donors (Lipinski definition) is 0. The van der Waals surface area contributed by atoms with Crippen LogP contribution in [0.4, 0.5) is 0 Å². The standard InChI is InChI=1S/C19H22N2O2S/c1-15-7-9-19(10-8-15)24(22,23)21-14-17-11-18(21)13-20(17)12-16-5-3-2-4-6-16/h2-10,17-18H,11-14H2,1H3. The molecule has 2 saturated heterocycles. The summed E-state index contributed by atoms with van der Waals surface area (Å²) >= 11 is 0. The van der Waals surface area contributed by atoms with Crippen molar-refractivity contribution in [2.24, 2.45) is 0 Å². The number of rotatable bonds is 4. The second-order valence-corrected chi connectivity index (χ2v) is 8.74. The Hall–Kier alpha value is -1.69. The third kappa shape index (κ3) is 2.77. The van der Waals surface area contributed by atoms with Gasteiger partial charge in [-0.15, -0.1) is 0 Å². The van der Waals surface area contributed by atoms with Crippen molar-refractivity contribution in [1.29, 1.82) is 0 Å². The SMILES string of the molecule is Cc1ccc(S(=O)(=O)N2CC3CC2CN3Cc2ccccc2)cc1. The zero-order chi connectivity index (χ0) is 16.7. The molecule has 4 rings (SSSR count). The highest BCUT2D eigenvalue weighted by Gasteiger charge is 2.48. The van der Waals surface area contributed by atoms with Gasteiger partial charge in [0.25, 0.3) is 0 Å². The van der Waals surface area contributed by atoms with E-state index in [9.17, 15) is 8.42 Å².